The number of nitrogens with zero attached hydrogens (tertiary/aromatic N) is 2. The fourth-order valence-electron chi connectivity index (χ4n) is 2.58. The predicted molar refractivity (Wildman–Crippen MR) is 91.3 cm³/mol. The number of amides is 1. The Labute approximate surface area is 141 Å². The van der Waals surface area contributed by atoms with Crippen LogP contribution in [0.5, 0.6) is 11.5 Å². The summed E-state index contributed by atoms with van der Waals surface area (Å²) < 4.78 is 13.4. The zero-order chi connectivity index (χ0) is 17.2. The smallest absolute Gasteiger partial charge is 0.224 e. The molecule has 0 saturated carbocycles. The summed E-state index contributed by atoms with van der Waals surface area (Å²) in [6.45, 7) is 7.14. The fraction of sp³-hybridized carbons (Fsp3) is 0.444. The third-order valence-corrected chi connectivity index (χ3v) is 3.57. The van der Waals surface area contributed by atoms with Crippen LogP contribution in [0.1, 0.15) is 27.2 Å². The van der Waals surface area contributed by atoms with E-state index in [1.807, 2.05) is 51.2 Å². The fourth-order valence-corrected chi connectivity index (χ4v) is 2.58. The van der Waals surface area contributed by atoms with Crippen molar-refractivity contribution in [3.8, 4) is 11.5 Å². The van der Waals surface area contributed by atoms with Crippen molar-refractivity contribution in [1.29, 1.82) is 0 Å². The highest BCUT2D eigenvalue weighted by atomic mass is 16.6. The van der Waals surface area contributed by atoms with Crippen molar-refractivity contribution >= 4 is 11.6 Å². The summed E-state index contributed by atoms with van der Waals surface area (Å²) in [4.78, 5) is 12.0. The second-order valence-corrected chi connectivity index (χ2v) is 7.23. The number of carbonyl (C=O) groups excluding carboxylic acids is 1. The van der Waals surface area contributed by atoms with Gasteiger partial charge >= 0.3 is 0 Å². The van der Waals surface area contributed by atoms with Crippen molar-refractivity contribution in [1.82, 2.24) is 9.78 Å². The number of hydrogen-bond donors (Lipinski definition) is 1. The first kappa shape index (κ1) is 16.4. The van der Waals surface area contributed by atoms with E-state index in [0.29, 0.717) is 25.3 Å². The number of benzene rings is 1. The maximum Gasteiger partial charge on any atom is 0.224 e. The molecule has 1 unspecified atom stereocenters. The van der Waals surface area contributed by atoms with E-state index in [1.165, 1.54) is 0 Å². The van der Waals surface area contributed by atoms with E-state index in [-0.39, 0.29) is 17.4 Å². The third-order valence-electron chi connectivity index (χ3n) is 3.57. The topological polar surface area (TPSA) is 65.4 Å². The highest BCUT2D eigenvalue weighted by Gasteiger charge is 2.21. The van der Waals surface area contributed by atoms with E-state index in [4.69, 9.17) is 9.47 Å². The van der Waals surface area contributed by atoms with E-state index in [0.717, 1.165) is 11.5 Å². The molecule has 1 N–H and O–H groups in total. The molecule has 0 bridgehead atoms. The van der Waals surface area contributed by atoms with Crippen molar-refractivity contribution in [3.63, 3.8) is 0 Å². The molecule has 6 nitrogen and oxygen atoms in total. The first-order valence-corrected chi connectivity index (χ1v) is 8.10. The summed E-state index contributed by atoms with van der Waals surface area (Å²) in [5.74, 6) is 1.51. The third kappa shape index (κ3) is 4.28. The number of nitrogens with one attached hydrogen (secondary N) is 1. The number of anilines is 1. The van der Waals surface area contributed by atoms with Gasteiger partial charge in [-0.05, 0) is 17.5 Å². The van der Waals surface area contributed by atoms with Crippen LogP contribution in [0, 0.1) is 5.41 Å². The van der Waals surface area contributed by atoms with Gasteiger partial charge in [-0.2, -0.15) is 5.10 Å². The Kier molecular flexibility index (Phi) is 4.46. The molecule has 0 fully saturated rings. The molecule has 2 aromatic rings. The van der Waals surface area contributed by atoms with Crippen molar-refractivity contribution in [2.75, 3.05) is 11.9 Å². The van der Waals surface area contributed by atoms with Gasteiger partial charge in [0.05, 0.1) is 18.4 Å². The number of hydrogen-bond acceptors (Lipinski definition) is 4. The Bertz CT molecular complexity index is 718. The van der Waals surface area contributed by atoms with Crippen LogP contribution in [-0.2, 0) is 11.3 Å². The molecule has 1 aliphatic heterocycles. The molecular weight excluding hydrogens is 306 g/mol. The summed E-state index contributed by atoms with van der Waals surface area (Å²) in [7, 11) is 0. The minimum absolute atomic E-state index is 0.00627. The average molecular weight is 329 g/mol. The monoisotopic (exact) mass is 329 g/mol. The van der Waals surface area contributed by atoms with Crippen LogP contribution < -0.4 is 14.8 Å². The summed E-state index contributed by atoms with van der Waals surface area (Å²) >= 11 is 0. The largest absolute Gasteiger partial charge is 0.486 e. The molecule has 0 spiro atoms. The molecule has 1 aliphatic rings. The zero-order valence-corrected chi connectivity index (χ0v) is 14.3. The Hall–Kier alpha value is -2.50. The van der Waals surface area contributed by atoms with Gasteiger partial charge < -0.3 is 14.8 Å². The van der Waals surface area contributed by atoms with Gasteiger partial charge in [-0.15, -0.1) is 0 Å². The van der Waals surface area contributed by atoms with Crippen molar-refractivity contribution < 1.29 is 14.3 Å². The average Bonchev–Trinajstić information content (AvgIpc) is 2.92. The van der Waals surface area contributed by atoms with E-state index < -0.39 is 0 Å². The van der Waals surface area contributed by atoms with Crippen LogP contribution in [0.3, 0.4) is 0 Å². The molecule has 1 aromatic heterocycles. The standard InChI is InChI=1S/C18H23N3O3/c1-18(2,3)8-17(22)20-13-9-19-21(10-13)11-14-12-23-15-6-4-5-7-16(15)24-14/h4-7,9-10,14H,8,11-12H2,1-3H3,(H,20,22). The lowest BCUT2D eigenvalue weighted by Gasteiger charge is -2.26. The zero-order valence-electron chi connectivity index (χ0n) is 14.3. The van der Waals surface area contributed by atoms with Crippen molar-refractivity contribution in [2.24, 2.45) is 5.41 Å². The summed E-state index contributed by atoms with van der Waals surface area (Å²) in [5, 5.41) is 7.16. The van der Waals surface area contributed by atoms with Crippen LogP contribution in [0.15, 0.2) is 36.7 Å². The van der Waals surface area contributed by atoms with Gasteiger partial charge in [-0.1, -0.05) is 32.9 Å². The number of fused-ring (bicyclic) bond motifs is 1. The molecule has 1 atom stereocenters. The lowest BCUT2D eigenvalue weighted by atomic mass is 9.92. The molecule has 1 amide bonds. The van der Waals surface area contributed by atoms with Gasteiger partial charge in [0.2, 0.25) is 5.91 Å². The van der Waals surface area contributed by atoms with Crippen LogP contribution in [0.2, 0.25) is 0 Å². The predicted octanol–water partition coefficient (Wildman–Crippen LogP) is 3.10. The lowest BCUT2D eigenvalue weighted by Crippen LogP contribution is -2.33. The maximum absolute atomic E-state index is 12.0. The van der Waals surface area contributed by atoms with Gasteiger partial charge in [-0.25, -0.2) is 0 Å². The molecule has 3 rings (SSSR count). The first-order valence-electron chi connectivity index (χ1n) is 8.10. The highest BCUT2D eigenvalue weighted by Crippen LogP contribution is 2.31. The Morgan fingerprint density at radius 2 is 2.08 bits per heavy atom. The molecule has 6 heteroatoms. The molecule has 0 saturated heterocycles. The molecule has 0 radical (unpaired) electrons. The second kappa shape index (κ2) is 6.55. The van der Waals surface area contributed by atoms with E-state index in [9.17, 15) is 4.79 Å². The highest BCUT2D eigenvalue weighted by molar-refractivity contribution is 5.90. The summed E-state index contributed by atoms with van der Waals surface area (Å²) in [6.07, 6.45) is 3.81. The van der Waals surface area contributed by atoms with E-state index >= 15 is 0 Å². The molecule has 128 valence electrons. The number of carbonyl (C=O) groups is 1. The SMILES string of the molecule is CC(C)(C)CC(=O)Nc1cnn(CC2COc3ccccc3O2)c1. The molecule has 2 heterocycles. The number of aromatic nitrogens is 2. The summed E-state index contributed by atoms with van der Waals surface area (Å²) in [5.41, 5.74) is 0.655. The Morgan fingerprint density at radius 3 is 2.83 bits per heavy atom. The number of rotatable bonds is 4. The molecular formula is C18H23N3O3. The van der Waals surface area contributed by atoms with Crippen molar-refractivity contribution in [3.05, 3.63) is 36.7 Å². The lowest BCUT2D eigenvalue weighted by molar-refractivity contribution is -0.117. The van der Waals surface area contributed by atoms with Gasteiger partial charge in [0, 0.05) is 12.6 Å². The van der Waals surface area contributed by atoms with Crippen molar-refractivity contribution in [2.45, 2.75) is 39.8 Å². The van der Waals surface area contributed by atoms with Gasteiger partial charge in [0.15, 0.2) is 17.6 Å². The van der Waals surface area contributed by atoms with E-state index in [1.54, 1.807) is 10.9 Å². The maximum atomic E-state index is 12.0. The van der Waals surface area contributed by atoms with Crippen LogP contribution in [0.25, 0.3) is 0 Å². The van der Waals surface area contributed by atoms with Crippen LogP contribution in [-0.4, -0.2) is 28.4 Å². The second-order valence-electron chi connectivity index (χ2n) is 7.23. The van der Waals surface area contributed by atoms with Gasteiger partial charge in [0.25, 0.3) is 0 Å². The molecule has 24 heavy (non-hydrogen) atoms. The summed E-state index contributed by atoms with van der Waals surface area (Å²) in [6, 6.07) is 7.62. The first-order chi connectivity index (χ1) is 11.4. The Balaban J connectivity index is 1.56. The normalized spacial score (nSPS) is 16.7. The minimum atomic E-state index is -0.113. The van der Waals surface area contributed by atoms with Crippen LogP contribution >= 0.6 is 0 Å². The van der Waals surface area contributed by atoms with Gasteiger partial charge in [-0.3, -0.25) is 9.48 Å². The van der Waals surface area contributed by atoms with E-state index in [2.05, 4.69) is 10.4 Å². The number of para-hydroxylation sites is 2. The van der Waals surface area contributed by atoms with Gasteiger partial charge in [0.1, 0.15) is 6.61 Å². The quantitative estimate of drug-likeness (QED) is 0.936. The number of ether oxygens (including phenoxy) is 2. The van der Waals surface area contributed by atoms with Crippen LogP contribution in [0.4, 0.5) is 5.69 Å². The molecule has 0 aliphatic carbocycles. The Morgan fingerprint density at radius 1 is 1.33 bits per heavy atom. The minimum Gasteiger partial charge on any atom is -0.486 e. The molecule has 1 aromatic carbocycles.